The molecule has 0 amide bonds. The number of rotatable bonds is 4. The first kappa shape index (κ1) is 10.9. The van der Waals surface area contributed by atoms with E-state index in [0.717, 1.165) is 18.7 Å². The van der Waals surface area contributed by atoms with E-state index in [1.54, 1.807) is 7.11 Å². The van der Waals surface area contributed by atoms with Crippen LogP contribution in [0.15, 0.2) is 18.2 Å². The minimum absolute atomic E-state index is 0.712. The van der Waals surface area contributed by atoms with Crippen LogP contribution in [0.25, 0.3) is 0 Å². The Morgan fingerprint density at radius 1 is 1.36 bits per heavy atom. The van der Waals surface area contributed by atoms with Crippen LogP contribution < -0.4 is 10.5 Å². The molecule has 1 rings (SSSR count). The van der Waals surface area contributed by atoms with Crippen molar-refractivity contribution in [1.82, 2.24) is 4.90 Å². The summed E-state index contributed by atoms with van der Waals surface area (Å²) in [4.78, 5) is 2.15. The van der Waals surface area contributed by atoms with Crippen LogP contribution in [-0.4, -0.2) is 32.6 Å². The molecule has 1 aromatic rings. The number of nitrogens with zero attached hydrogens (tertiary/aromatic N) is 1. The highest BCUT2D eigenvalue weighted by atomic mass is 16.5. The van der Waals surface area contributed by atoms with Gasteiger partial charge in [0.1, 0.15) is 5.75 Å². The molecule has 0 aliphatic heterocycles. The summed E-state index contributed by atoms with van der Waals surface area (Å²) in [7, 11) is 5.75. The summed E-state index contributed by atoms with van der Waals surface area (Å²) in [5.74, 6) is 0.749. The average Bonchev–Trinajstić information content (AvgIpc) is 2.15. The Labute approximate surface area is 85.5 Å². The van der Waals surface area contributed by atoms with Gasteiger partial charge in [0.2, 0.25) is 0 Å². The van der Waals surface area contributed by atoms with Crippen LogP contribution in [0.4, 0.5) is 5.69 Å². The lowest BCUT2D eigenvalue weighted by Gasteiger charge is -2.10. The Kier molecular flexibility index (Phi) is 3.77. The first-order chi connectivity index (χ1) is 6.63. The first-order valence-corrected chi connectivity index (χ1v) is 4.70. The second-order valence-electron chi connectivity index (χ2n) is 3.63. The zero-order valence-electron chi connectivity index (χ0n) is 9.08. The molecule has 0 aliphatic rings. The summed E-state index contributed by atoms with van der Waals surface area (Å²) < 4.78 is 5.09. The largest absolute Gasteiger partial charge is 0.495 e. The zero-order valence-corrected chi connectivity index (χ0v) is 9.08. The van der Waals surface area contributed by atoms with Crippen molar-refractivity contribution >= 4 is 5.69 Å². The third-order valence-electron chi connectivity index (χ3n) is 2.14. The van der Waals surface area contributed by atoms with Crippen molar-refractivity contribution in [3.63, 3.8) is 0 Å². The fourth-order valence-electron chi connectivity index (χ4n) is 1.29. The lowest BCUT2D eigenvalue weighted by molar-refractivity contribution is 0.411. The molecule has 0 bridgehead atoms. The zero-order chi connectivity index (χ0) is 10.6. The van der Waals surface area contributed by atoms with Crippen LogP contribution >= 0.6 is 0 Å². The number of nitrogens with two attached hydrogens (primary N) is 1. The van der Waals surface area contributed by atoms with Gasteiger partial charge in [-0.05, 0) is 38.2 Å². The van der Waals surface area contributed by atoms with Crippen LogP contribution in [0.2, 0.25) is 0 Å². The topological polar surface area (TPSA) is 38.5 Å². The molecule has 3 nitrogen and oxygen atoms in total. The quantitative estimate of drug-likeness (QED) is 0.736. The number of nitrogen functional groups attached to an aromatic ring is 1. The van der Waals surface area contributed by atoms with Crippen molar-refractivity contribution in [3.05, 3.63) is 23.8 Å². The van der Waals surface area contributed by atoms with Crippen LogP contribution in [0.3, 0.4) is 0 Å². The van der Waals surface area contributed by atoms with E-state index in [0.29, 0.717) is 5.69 Å². The molecule has 0 spiro atoms. The molecule has 0 heterocycles. The highest BCUT2D eigenvalue weighted by Gasteiger charge is 2.00. The van der Waals surface area contributed by atoms with E-state index in [1.165, 1.54) is 5.56 Å². The highest BCUT2D eigenvalue weighted by Crippen LogP contribution is 2.21. The van der Waals surface area contributed by atoms with Gasteiger partial charge in [0, 0.05) is 6.54 Å². The van der Waals surface area contributed by atoms with Crippen LogP contribution in [0.1, 0.15) is 5.56 Å². The number of methoxy groups -OCH3 is 1. The molecule has 0 atom stereocenters. The smallest absolute Gasteiger partial charge is 0.141 e. The van der Waals surface area contributed by atoms with Crippen molar-refractivity contribution in [3.8, 4) is 5.75 Å². The molecular weight excluding hydrogens is 176 g/mol. The summed E-state index contributed by atoms with van der Waals surface area (Å²) in [6.07, 6.45) is 1.02. The normalized spacial score (nSPS) is 10.6. The van der Waals surface area contributed by atoms with Gasteiger partial charge in [0.05, 0.1) is 12.8 Å². The molecule has 0 aliphatic carbocycles. The van der Waals surface area contributed by atoms with E-state index in [4.69, 9.17) is 10.5 Å². The van der Waals surface area contributed by atoms with Gasteiger partial charge in [-0.1, -0.05) is 6.07 Å². The van der Waals surface area contributed by atoms with Crippen LogP contribution in [0.5, 0.6) is 5.75 Å². The minimum Gasteiger partial charge on any atom is -0.495 e. The number of anilines is 1. The van der Waals surface area contributed by atoms with Gasteiger partial charge in [-0.25, -0.2) is 0 Å². The van der Waals surface area contributed by atoms with Crippen molar-refractivity contribution in [2.75, 3.05) is 33.5 Å². The molecule has 14 heavy (non-hydrogen) atoms. The molecule has 0 unspecified atom stereocenters. The molecule has 0 saturated carbocycles. The van der Waals surface area contributed by atoms with Gasteiger partial charge < -0.3 is 15.4 Å². The highest BCUT2D eigenvalue weighted by molar-refractivity contribution is 5.54. The first-order valence-electron chi connectivity index (χ1n) is 4.70. The second-order valence-corrected chi connectivity index (χ2v) is 3.63. The molecule has 0 aromatic heterocycles. The lowest BCUT2D eigenvalue weighted by atomic mass is 10.1. The molecule has 2 N–H and O–H groups in total. The van der Waals surface area contributed by atoms with Crippen molar-refractivity contribution < 1.29 is 4.74 Å². The van der Waals surface area contributed by atoms with E-state index >= 15 is 0 Å². The Morgan fingerprint density at radius 3 is 2.57 bits per heavy atom. The summed E-state index contributed by atoms with van der Waals surface area (Å²) in [6, 6.07) is 5.95. The summed E-state index contributed by atoms with van der Waals surface area (Å²) in [5, 5.41) is 0. The van der Waals surface area contributed by atoms with Crippen molar-refractivity contribution in [1.29, 1.82) is 0 Å². The minimum atomic E-state index is 0.712. The fraction of sp³-hybridized carbons (Fsp3) is 0.455. The van der Waals surface area contributed by atoms with Crippen molar-refractivity contribution in [2.45, 2.75) is 6.42 Å². The standard InChI is InChI=1S/C11H18N2O/c1-13(2)7-6-9-4-5-11(14-3)10(12)8-9/h4-5,8H,6-7,12H2,1-3H3. The summed E-state index contributed by atoms with van der Waals surface area (Å²) in [6.45, 7) is 1.03. The SMILES string of the molecule is COc1ccc(CCN(C)C)cc1N. The number of benzene rings is 1. The van der Waals surface area contributed by atoms with Gasteiger partial charge in [0.15, 0.2) is 0 Å². The Bertz CT molecular complexity index is 297. The Balaban J connectivity index is 2.66. The number of hydrogen-bond acceptors (Lipinski definition) is 3. The monoisotopic (exact) mass is 194 g/mol. The predicted octanol–water partition coefficient (Wildman–Crippen LogP) is 1.38. The third kappa shape index (κ3) is 2.92. The van der Waals surface area contributed by atoms with E-state index in [-0.39, 0.29) is 0 Å². The fourth-order valence-corrected chi connectivity index (χ4v) is 1.29. The summed E-state index contributed by atoms with van der Waals surface area (Å²) >= 11 is 0. The maximum atomic E-state index is 5.80. The second kappa shape index (κ2) is 4.86. The van der Waals surface area contributed by atoms with Gasteiger partial charge >= 0.3 is 0 Å². The van der Waals surface area contributed by atoms with Crippen molar-refractivity contribution in [2.24, 2.45) is 0 Å². The van der Waals surface area contributed by atoms with E-state index in [9.17, 15) is 0 Å². The van der Waals surface area contributed by atoms with Crippen LogP contribution in [-0.2, 0) is 6.42 Å². The molecule has 78 valence electrons. The lowest BCUT2D eigenvalue weighted by Crippen LogP contribution is -2.15. The number of likely N-dealkylation sites (N-methyl/N-ethyl adjacent to an activating group) is 1. The van der Waals surface area contributed by atoms with E-state index in [1.807, 2.05) is 12.1 Å². The Hall–Kier alpha value is -1.22. The number of ether oxygens (including phenoxy) is 1. The van der Waals surface area contributed by atoms with Gasteiger partial charge in [-0.3, -0.25) is 0 Å². The maximum absolute atomic E-state index is 5.80. The maximum Gasteiger partial charge on any atom is 0.141 e. The molecule has 0 radical (unpaired) electrons. The summed E-state index contributed by atoms with van der Waals surface area (Å²) in [5.41, 5.74) is 7.76. The van der Waals surface area contributed by atoms with Gasteiger partial charge in [-0.15, -0.1) is 0 Å². The van der Waals surface area contributed by atoms with Gasteiger partial charge in [-0.2, -0.15) is 0 Å². The molecular formula is C11H18N2O. The van der Waals surface area contributed by atoms with E-state index in [2.05, 4.69) is 25.1 Å². The van der Waals surface area contributed by atoms with E-state index < -0.39 is 0 Å². The van der Waals surface area contributed by atoms with Gasteiger partial charge in [0.25, 0.3) is 0 Å². The van der Waals surface area contributed by atoms with Crippen LogP contribution in [0, 0.1) is 0 Å². The number of hydrogen-bond donors (Lipinski definition) is 1. The average molecular weight is 194 g/mol. The molecule has 0 saturated heterocycles. The predicted molar refractivity (Wildman–Crippen MR) is 59.7 cm³/mol. The molecule has 3 heteroatoms. The Morgan fingerprint density at radius 2 is 2.07 bits per heavy atom. The third-order valence-corrected chi connectivity index (χ3v) is 2.14. The molecule has 0 fully saturated rings. The molecule has 1 aromatic carbocycles.